The van der Waals surface area contributed by atoms with E-state index in [1.165, 1.54) is 162 Å². The van der Waals surface area contributed by atoms with Crippen LogP contribution in [-0.4, -0.2) is 38.2 Å². The molecular weight excluding hydrogens is 1310 g/mol. The summed E-state index contributed by atoms with van der Waals surface area (Å²) in [6.07, 6.45) is 28.8. The van der Waals surface area contributed by atoms with E-state index in [0.717, 1.165) is 98.0 Å². The van der Waals surface area contributed by atoms with Gasteiger partial charge >= 0.3 is 0 Å². The lowest BCUT2D eigenvalue weighted by molar-refractivity contribution is 0.300. The summed E-state index contributed by atoms with van der Waals surface area (Å²) in [5, 5.41) is 20.1. The van der Waals surface area contributed by atoms with Crippen molar-refractivity contribution in [2.75, 3.05) is 13.2 Å². The van der Waals surface area contributed by atoms with Gasteiger partial charge in [-0.05, 0) is 196 Å². The van der Waals surface area contributed by atoms with Gasteiger partial charge in [0.2, 0.25) is 23.6 Å². The topological polar surface area (TPSA) is 101 Å². The van der Waals surface area contributed by atoms with E-state index in [4.69, 9.17) is 18.3 Å². The second kappa shape index (κ2) is 35.1. The van der Waals surface area contributed by atoms with Crippen LogP contribution < -0.4 is 9.47 Å². The minimum atomic E-state index is -0.173. The van der Waals surface area contributed by atoms with Crippen LogP contribution in [0, 0.1) is 0 Å². The van der Waals surface area contributed by atoms with Gasteiger partial charge in [-0.15, -0.1) is 20.4 Å². The van der Waals surface area contributed by atoms with E-state index in [-0.39, 0.29) is 21.7 Å². The number of benzene rings is 9. The number of nitrogens with zero attached hydrogens (tertiary/aromatic N) is 5. The van der Waals surface area contributed by atoms with Crippen molar-refractivity contribution in [3.8, 4) is 79.6 Å². The van der Waals surface area contributed by atoms with Gasteiger partial charge in [0.05, 0.1) is 13.2 Å². The van der Waals surface area contributed by atoms with Crippen LogP contribution in [0.15, 0.2) is 221 Å². The van der Waals surface area contributed by atoms with Gasteiger partial charge in [-0.25, -0.2) is 0 Å². The zero-order valence-corrected chi connectivity index (χ0v) is 65.5. The Balaban J connectivity index is 0.795. The van der Waals surface area contributed by atoms with Crippen LogP contribution in [0.1, 0.15) is 250 Å². The van der Waals surface area contributed by atoms with Gasteiger partial charge in [-0.3, -0.25) is 0 Å². The van der Waals surface area contributed by atoms with Crippen LogP contribution in [0.4, 0.5) is 0 Å². The summed E-state index contributed by atoms with van der Waals surface area (Å²) in [6, 6.07) is 77.8. The molecule has 9 aromatic carbocycles. The highest BCUT2D eigenvalue weighted by molar-refractivity contribution is 6.09. The number of aromatic nitrogens is 5. The highest BCUT2D eigenvalue weighted by Crippen LogP contribution is 2.56. The van der Waals surface area contributed by atoms with Crippen LogP contribution in [0.25, 0.3) is 89.9 Å². The second-order valence-electron chi connectivity index (χ2n) is 32.7. The molecule has 0 spiro atoms. The fraction of sp³-hybridized carbons (Fsp3) is 0.408. The Kier molecular flexibility index (Phi) is 24.9. The molecule has 1 aliphatic rings. The number of rotatable bonds is 39. The monoisotopic (exact) mass is 1430 g/mol. The van der Waals surface area contributed by atoms with Crippen molar-refractivity contribution in [3.05, 3.63) is 240 Å². The third-order valence-corrected chi connectivity index (χ3v) is 23.9. The van der Waals surface area contributed by atoms with Crippen molar-refractivity contribution in [2.24, 2.45) is 0 Å². The molecule has 107 heavy (non-hydrogen) atoms. The van der Waals surface area contributed by atoms with Crippen LogP contribution in [0.3, 0.4) is 0 Å². The molecule has 0 fully saturated rings. The van der Waals surface area contributed by atoms with E-state index < -0.39 is 0 Å². The third kappa shape index (κ3) is 17.6. The quantitative estimate of drug-likeness (QED) is 0.0351. The Morgan fingerprint density at radius 3 is 1.23 bits per heavy atom. The van der Waals surface area contributed by atoms with Gasteiger partial charge in [-0.1, -0.05) is 299 Å². The summed E-state index contributed by atoms with van der Waals surface area (Å²) >= 11 is 0. The molecule has 0 bridgehead atoms. The summed E-state index contributed by atoms with van der Waals surface area (Å²) < 4.78 is 27.8. The van der Waals surface area contributed by atoms with Gasteiger partial charge < -0.3 is 22.9 Å². The summed E-state index contributed by atoms with van der Waals surface area (Å²) in [5.74, 6) is 3.71. The molecule has 0 atom stereocenters. The number of ether oxygens (including phenoxy) is 2. The molecule has 0 radical (unpaired) electrons. The average molecular weight is 1430 g/mol. The van der Waals surface area contributed by atoms with Crippen LogP contribution in [0.2, 0.25) is 0 Å². The molecule has 13 rings (SSSR count). The van der Waals surface area contributed by atoms with Crippen molar-refractivity contribution in [3.63, 3.8) is 0 Å². The van der Waals surface area contributed by atoms with E-state index in [1.807, 2.05) is 109 Å². The van der Waals surface area contributed by atoms with Crippen molar-refractivity contribution in [1.29, 1.82) is 0 Å². The predicted octanol–water partition coefficient (Wildman–Crippen LogP) is 27.8. The first-order chi connectivity index (χ1) is 52.1. The molecule has 3 aromatic heterocycles. The van der Waals surface area contributed by atoms with Crippen molar-refractivity contribution < 1.29 is 18.3 Å². The van der Waals surface area contributed by atoms with Crippen LogP contribution >= 0.6 is 0 Å². The lowest BCUT2D eigenvalue weighted by Crippen LogP contribution is -2.40. The maximum atomic E-state index is 6.41. The molecule has 9 nitrogen and oxygen atoms in total. The standard InChI is InChI=1S/C98H115N5O4/c1-10-12-14-16-18-33-45-80(46-34-19-17-15-13-11-2)103-89-68-76(52-60-85(89)86-62-54-79(70-90(86)103)97(8,9)96(6,7)77-43-31-26-32-44-77)75-51-59-83-84-61-53-78(95(3,4)5)69-88(84)98(87(83)67-75,63-35-20-22-37-65-104-81-55-47-73(48-56-81)93-101-99-91(106-93)71-39-27-24-28-40-71)64-36-21-23-38-66-105-82-57-49-74(50-58-82)94-102-100-92(107-94)72-41-29-25-30-42-72/h24-32,39-44,47-62,67-70,80H,10-23,33-38,45-46,63-66H2,1-9H3. The fourth-order valence-electron chi connectivity index (χ4n) is 16.7. The van der Waals surface area contributed by atoms with E-state index in [9.17, 15) is 0 Å². The van der Waals surface area contributed by atoms with E-state index >= 15 is 0 Å². The molecular formula is C98H115N5O4. The molecule has 3 heterocycles. The Hall–Kier alpha value is -9.34. The van der Waals surface area contributed by atoms with Gasteiger partial charge in [0.25, 0.3) is 0 Å². The molecule has 556 valence electrons. The Labute approximate surface area is 638 Å². The number of unbranched alkanes of at least 4 members (excludes halogenated alkanes) is 16. The largest absolute Gasteiger partial charge is 0.494 e. The lowest BCUT2D eigenvalue weighted by Gasteiger charge is -2.43. The Bertz CT molecular complexity index is 4640. The molecule has 0 saturated heterocycles. The van der Waals surface area contributed by atoms with E-state index in [0.29, 0.717) is 42.8 Å². The van der Waals surface area contributed by atoms with E-state index in [2.05, 4.69) is 190 Å². The number of hydrogen-bond acceptors (Lipinski definition) is 8. The molecule has 9 heteroatoms. The molecule has 0 N–H and O–H groups in total. The summed E-state index contributed by atoms with van der Waals surface area (Å²) in [5.41, 5.74) is 18.5. The lowest BCUT2D eigenvalue weighted by atomic mass is 9.61. The van der Waals surface area contributed by atoms with Gasteiger partial charge in [0.1, 0.15) is 11.5 Å². The first-order valence-corrected chi connectivity index (χ1v) is 40.8. The molecule has 0 saturated carbocycles. The van der Waals surface area contributed by atoms with Gasteiger partial charge in [0, 0.05) is 55.5 Å². The first-order valence-electron chi connectivity index (χ1n) is 40.8. The third-order valence-electron chi connectivity index (χ3n) is 23.9. The van der Waals surface area contributed by atoms with Crippen LogP contribution in [0.5, 0.6) is 11.5 Å². The Morgan fingerprint density at radius 1 is 0.346 bits per heavy atom. The zero-order valence-electron chi connectivity index (χ0n) is 65.5. The predicted molar refractivity (Wildman–Crippen MR) is 445 cm³/mol. The number of fused-ring (bicyclic) bond motifs is 6. The molecule has 12 aromatic rings. The summed E-state index contributed by atoms with van der Waals surface area (Å²) in [6.45, 7) is 23.0. The summed E-state index contributed by atoms with van der Waals surface area (Å²) in [7, 11) is 0. The average Bonchev–Trinajstić information content (AvgIpc) is 1.59. The van der Waals surface area contributed by atoms with Gasteiger partial charge in [0.15, 0.2) is 0 Å². The highest BCUT2D eigenvalue weighted by atomic mass is 16.5. The smallest absolute Gasteiger partial charge is 0.248 e. The second-order valence-corrected chi connectivity index (χ2v) is 32.7. The Morgan fingerprint density at radius 2 is 0.729 bits per heavy atom. The zero-order chi connectivity index (χ0) is 74.2. The maximum Gasteiger partial charge on any atom is 0.248 e. The van der Waals surface area contributed by atoms with Crippen molar-refractivity contribution in [2.45, 2.75) is 244 Å². The fourth-order valence-corrected chi connectivity index (χ4v) is 16.7. The summed E-state index contributed by atoms with van der Waals surface area (Å²) in [4.78, 5) is 0. The van der Waals surface area contributed by atoms with E-state index in [1.54, 1.807) is 0 Å². The molecule has 0 amide bonds. The molecule has 1 aliphatic carbocycles. The van der Waals surface area contributed by atoms with Gasteiger partial charge in [-0.2, -0.15) is 0 Å². The van der Waals surface area contributed by atoms with Crippen LogP contribution in [-0.2, 0) is 21.7 Å². The number of hydrogen-bond donors (Lipinski definition) is 0. The van der Waals surface area contributed by atoms with Crippen molar-refractivity contribution in [1.82, 2.24) is 25.0 Å². The minimum absolute atomic E-state index is 0.0106. The highest BCUT2D eigenvalue weighted by Gasteiger charge is 2.44. The van der Waals surface area contributed by atoms with Crippen molar-refractivity contribution >= 4 is 21.8 Å². The molecule has 0 unspecified atom stereocenters. The SMILES string of the molecule is CCCCCCCCC(CCCCCCCC)n1c2cc(-c3ccc4c(c3)C(CCCCCCOc3ccc(-c5nnc(-c6ccccc6)o5)cc3)(CCCCCCOc3ccc(-c5nnc(-c6ccccc6)o5)cc3)c3cc(C(C)(C)C)ccc3-4)ccc2c2ccc(C(C)(C)C(C)(C)c3ccccc3)cc21. The molecule has 0 aliphatic heterocycles. The minimum Gasteiger partial charge on any atom is -0.494 e. The first kappa shape index (κ1) is 75.9. The maximum absolute atomic E-state index is 6.41. The normalized spacial score (nSPS) is 12.9.